The fourth-order valence-electron chi connectivity index (χ4n) is 0.598. The number of hydrogen-bond acceptors (Lipinski definition) is 1. The minimum Gasteiger partial charge on any atom is -0.355 e. The first-order chi connectivity index (χ1) is 4.35. The lowest BCUT2D eigenvalue weighted by molar-refractivity contribution is 0.487. The van der Waals surface area contributed by atoms with Crippen molar-refractivity contribution in [1.82, 2.24) is 4.90 Å². The lowest BCUT2D eigenvalue weighted by atomic mass is 10.3. The minimum atomic E-state index is 1.05. The summed E-state index contributed by atoms with van der Waals surface area (Å²) in [5, 5.41) is 0. The average Bonchev–Trinajstić information content (AvgIpc) is 1.91. The first-order valence-electron chi connectivity index (χ1n) is 3.36. The van der Waals surface area contributed by atoms with Gasteiger partial charge in [0.15, 0.2) is 0 Å². The van der Waals surface area contributed by atoms with Crippen molar-refractivity contribution in [2.75, 3.05) is 6.54 Å². The van der Waals surface area contributed by atoms with Gasteiger partial charge in [0.05, 0.1) is 0 Å². The highest BCUT2D eigenvalue weighted by Crippen LogP contribution is 1.93. The molecule has 0 bridgehead atoms. The normalized spacial score (nSPS) is 8.56. The fraction of sp³-hybridized carbons (Fsp3) is 0.500. The van der Waals surface area contributed by atoms with Gasteiger partial charge in [0.25, 0.3) is 0 Å². The summed E-state index contributed by atoms with van der Waals surface area (Å²) in [5.74, 6) is 0. The summed E-state index contributed by atoms with van der Waals surface area (Å²) in [4.78, 5) is 1.99. The van der Waals surface area contributed by atoms with Crippen LogP contribution in [0, 0.1) is 0 Å². The molecule has 0 spiro atoms. The molecule has 1 heteroatoms. The van der Waals surface area contributed by atoms with E-state index in [9.17, 15) is 0 Å². The second-order valence-electron chi connectivity index (χ2n) is 1.96. The summed E-state index contributed by atoms with van der Waals surface area (Å²) in [6.07, 6.45) is 6.02. The van der Waals surface area contributed by atoms with Crippen molar-refractivity contribution in [3.8, 4) is 0 Å². The second-order valence-corrected chi connectivity index (χ2v) is 1.96. The Morgan fingerprint density at radius 3 is 2.22 bits per heavy atom. The molecule has 0 radical (unpaired) electrons. The molecular formula is C8H15N. The van der Waals surface area contributed by atoms with Crippen molar-refractivity contribution >= 4 is 0 Å². The smallest absolute Gasteiger partial charge is 0.0219 e. The second kappa shape index (κ2) is 5.42. The van der Waals surface area contributed by atoms with E-state index in [1.54, 1.807) is 12.4 Å². The summed E-state index contributed by atoms with van der Waals surface area (Å²) in [6, 6.07) is 0. The highest BCUT2D eigenvalue weighted by atomic mass is 15.1. The van der Waals surface area contributed by atoms with E-state index in [4.69, 9.17) is 0 Å². The summed E-state index contributed by atoms with van der Waals surface area (Å²) >= 11 is 0. The molecule has 0 aliphatic heterocycles. The molecule has 52 valence electrons. The van der Waals surface area contributed by atoms with Crippen molar-refractivity contribution in [3.05, 3.63) is 25.6 Å². The monoisotopic (exact) mass is 125 g/mol. The third-order valence-corrected chi connectivity index (χ3v) is 1.24. The van der Waals surface area contributed by atoms with Gasteiger partial charge in [-0.3, -0.25) is 0 Å². The largest absolute Gasteiger partial charge is 0.355 e. The molecule has 0 rings (SSSR count). The highest BCUT2D eigenvalue weighted by molar-refractivity contribution is 4.79. The molecule has 0 amide bonds. The number of nitrogens with zero attached hydrogens (tertiary/aromatic N) is 1. The maximum atomic E-state index is 3.64. The molecule has 0 unspecified atom stereocenters. The van der Waals surface area contributed by atoms with Gasteiger partial charge < -0.3 is 4.90 Å². The van der Waals surface area contributed by atoms with E-state index in [1.807, 2.05) is 4.90 Å². The lowest BCUT2D eigenvalue weighted by Crippen LogP contribution is -2.09. The Hall–Kier alpha value is -0.720. The molecule has 0 aromatic heterocycles. The van der Waals surface area contributed by atoms with Crippen molar-refractivity contribution < 1.29 is 0 Å². The zero-order valence-electron chi connectivity index (χ0n) is 6.14. The Labute approximate surface area is 57.7 Å². The molecule has 9 heavy (non-hydrogen) atoms. The summed E-state index contributed by atoms with van der Waals surface area (Å²) < 4.78 is 0. The van der Waals surface area contributed by atoms with Crippen LogP contribution in [0.25, 0.3) is 0 Å². The maximum absolute atomic E-state index is 3.64. The van der Waals surface area contributed by atoms with Gasteiger partial charge in [0, 0.05) is 6.54 Å². The van der Waals surface area contributed by atoms with Crippen LogP contribution in [0.1, 0.15) is 19.8 Å². The van der Waals surface area contributed by atoms with E-state index in [1.165, 1.54) is 12.8 Å². The van der Waals surface area contributed by atoms with Crippen LogP contribution in [-0.2, 0) is 0 Å². The lowest BCUT2D eigenvalue weighted by Gasteiger charge is -2.12. The number of unbranched alkanes of at least 4 members (excludes halogenated alkanes) is 1. The summed E-state index contributed by atoms with van der Waals surface area (Å²) in [5.41, 5.74) is 0. The summed E-state index contributed by atoms with van der Waals surface area (Å²) in [6.45, 7) is 10.5. The van der Waals surface area contributed by atoms with Crippen LogP contribution >= 0.6 is 0 Å². The first-order valence-corrected chi connectivity index (χ1v) is 3.36. The predicted octanol–water partition coefficient (Wildman–Crippen LogP) is 2.38. The SMILES string of the molecule is C=CN(C=C)CCCC. The van der Waals surface area contributed by atoms with E-state index in [2.05, 4.69) is 20.1 Å². The van der Waals surface area contributed by atoms with Gasteiger partial charge in [-0.1, -0.05) is 26.5 Å². The average molecular weight is 125 g/mol. The molecule has 0 aliphatic carbocycles. The van der Waals surface area contributed by atoms with Gasteiger partial charge in [-0.15, -0.1) is 0 Å². The number of rotatable bonds is 5. The van der Waals surface area contributed by atoms with Gasteiger partial charge in [-0.25, -0.2) is 0 Å². The molecule has 0 saturated heterocycles. The molecule has 0 heterocycles. The first kappa shape index (κ1) is 8.28. The fourth-order valence-corrected chi connectivity index (χ4v) is 0.598. The zero-order chi connectivity index (χ0) is 7.11. The summed E-state index contributed by atoms with van der Waals surface area (Å²) in [7, 11) is 0. The molecule has 0 aromatic rings. The molecule has 0 fully saturated rings. The highest BCUT2D eigenvalue weighted by Gasteiger charge is 1.87. The van der Waals surface area contributed by atoms with Crippen LogP contribution in [0.15, 0.2) is 25.6 Å². The maximum Gasteiger partial charge on any atom is 0.0219 e. The van der Waals surface area contributed by atoms with Crippen LogP contribution in [0.2, 0.25) is 0 Å². The molecule has 0 N–H and O–H groups in total. The topological polar surface area (TPSA) is 3.24 Å². The third kappa shape index (κ3) is 3.83. The molecule has 0 aliphatic rings. The van der Waals surface area contributed by atoms with Crippen LogP contribution in [-0.4, -0.2) is 11.4 Å². The van der Waals surface area contributed by atoms with Crippen molar-refractivity contribution in [2.24, 2.45) is 0 Å². The van der Waals surface area contributed by atoms with E-state index >= 15 is 0 Å². The Morgan fingerprint density at radius 2 is 1.89 bits per heavy atom. The molecule has 0 saturated carbocycles. The Balaban J connectivity index is 3.30. The van der Waals surface area contributed by atoms with Gasteiger partial charge in [0.2, 0.25) is 0 Å². The molecule has 0 atom stereocenters. The minimum absolute atomic E-state index is 1.05. The zero-order valence-corrected chi connectivity index (χ0v) is 6.14. The molecule has 0 aromatic carbocycles. The van der Waals surface area contributed by atoms with Crippen molar-refractivity contribution in [1.29, 1.82) is 0 Å². The Bertz CT molecular complexity index is 78.6. The van der Waals surface area contributed by atoms with Crippen LogP contribution in [0.3, 0.4) is 0 Å². The van der Waals surface area contributed by atoms with Gasteiger partial charge in [-0.05, 0) is 18.8 Å². The van der Waals surface area contributed by atoms with E-state index in [0.717, 1.165) is 6.54 Å². The van der Waals surface area contributed by atoms with Crippen LogP contribution in [0.4, 0.5) is 0 Å². The van der Waals surface area contributed by atoms with E-state index < -0.39 is 0 Å². The van der Waals surface area contributed by atoms with Crippen molar-refractivity contribution in [3.63, 3.8) is 0 Å². The Morgan fingerprint density at radius 1 is 1.33 bits per heavy atom. The van der Waals surface area contributed by atoms with E-state index in [0.29, 0.717) is 0 Å². The molecule has 1 nitrogen and oxygen atoms in total. The predicted molar refractivity (Wildman–Crippen MR) is 42.0 cm³/mol. The Kier molecular flexibility index (Phi) is 4.98. The standard InChI is InChI=1S/C8H15N/c1-4-7-8-9(5-2)6-3/h5-6H,2-4,7-8H2,1H3. The number of hydrogen-bond donors (Lipinski definition) is 0. The van der Waals surface area contributed by atoms with Crippen molar-refractivity contribution in [2.45, 2.75) is 19.8 Å². The van der Waals surface area contributed by atoms with E-state index in [-0.39, 0.29) is 0 Å². The quantitative estimate of drug-likeness (QED) is 0.545. The molecular weight excluding hydrogens is 110 g/mol. The van der Waals surface area contributed by atoms with Gasteiger partial charge in [-0.2, -0.15) is 0 Å². The van der Waals surface area contributed by atoms with Crippen LogP contribution < -0.4 is 0 Å². The van der Waals surface area contributed by atoms with Gasteiger partial charge >= 0.3 is 0 Å². The van der Waals surface area contributed by atoms with Crippen LogP contribution in [0.5, 0.6) is 0 Å². The third-order valence-electron chi connectivity index (χ3n) is 1.24. The van der Waals surface area contributed by atoms with Gasteiger partial charge in [0.1, 0.15) is 0 Å².